The second-order valence-electron chi connectivity index (χ2n) is 5.60. The van der Waals surface area contributed by atoms with Crippen LogP contribution in [0.1, 0.15) is 18.9 Å². The van der Waals surface area contributed by atoms with Crippen molar-refractivity contribution in [3.63, 3.8) is 0 Å². The summed E-state index contributed by atoms with van der Waals surface area (Å²) < 4.78 is 8.49. The summed E-state index contributed by atoms with van der Waals surface area (Å²) in [6.07, 6.45) is 5.18. The number of aromatic nitrogens is 4. The highest BCUT2D eigenvalue weighted by molar-refractivity contribution is 5.86. The van der Waals surface area contributed by atoms with Gasteiger partial charge in [-0.2, -0.15) is 14.9 Å². The monoisotopic (exact) mass is 312 g/mol. The predicted octanol–water partition coefficient (Wildman–Crippen LogP) is 1.64. The number of ether oxygens (including phenoxy) is 1. The molecule has 1 fully saturated rings. The Balaban J connectivity index is 1.76. The van der Waals surface area contributed by atoms with Crippen LogP contribution in [0.15, 0.2) is 41.5 Å². The lowest BCUT2D eigenvalue weighted by Crippen LogP contribution is -2.23. The van der Waals surface area contributed by atoms with E-state index in [1.54, 1.807) is 18.2 Å². The van der Waals surface area contributed by atoms with Gasteiger partial charge in [-0.25, -0.2) is 0 Å². The van der Waals surface area contributed by atoms with Crippen molar-refractivity contribution in [1.29, 1.82) is 0 Å². The summed E-state index contributed by atoms with van der Waals surface area (Å²) in [5.41, 5.74) is -0.296. The van der Waals surface area contributed by atoms with Gasteiger partial charge in [0.1, 0.15) is 5.75 Å². The van der Waals surface area contributed by atoms with E-state index in [9.17, 15) is 9.90 Å². The van der Waals surface area contributed by atoms with Crippen molar-refractivity contribution in [2.24, 2.45) is 0 Å². The van der Waals surface area contributed by atoms with Crippen LogP contribution in [-0.4, -0.2) is 37.9 Å². The van der Waals surface area contributed by atoms with Gasteiger partial charge in [0.15, 0.2) is 5.82 Å². The third kappa shape index (κ3) is 2.39. The lowest BCUT2D eigenvalue weighted by molar-refractivity contribution is 0.0662. The Kier molecular flexibility index (Phi) is 3.34. The number of hydrogen-bond donors (Lipinski definition) is 1. The molecule has 0 aliphatic carbocycles. The zero-order valence-electron chi connectivity index (χ0n) is 12.4. The SMILES string of the molecule is O=c1c2cccc(O)c2cnn1-c1ccn(C2CCOCC2)n1. The van der Waals surface area contributed by atoms with Gasteiger partial charge in [0.2, 0.25) is 0 Å². The Bertz CT molecular complexity index is 909. The van der Waals surface area contributed by atoms with Gasteiger partial charge in [0.25, 0.3) is 5.56 Å². The Hall–Kier alpha value is -2.67. The number of hydrogen-bond acceptors (Lipinski definition) is 5. The van der Waals surface area contributed by atoms with Crippen LogP contribution in [0.2, 0.25) is 0 Å². The first kappa shape index (κ1) is 14.0. The van der Waals surface area contributed by atoms with E-state index < -0.39 is 0 Å². The quantitative estimate of drug-likeness (QED) is 0.778. The van der Waals surface area contributed by atoms with Gasteiger partial charge in [-0.15, -0.1) is 0 Å². The summed E-state index contributed by atoms with van der Waals surface area (Å²) >= 11 is 0. The van der Waals surface area contributed by atoms with Crippen molar-refractivity contribution >= 4 is 10.8 Å². The molecule has 0 radical (unpaired) electrons. The van der Waals surface area contributed by atoms with Gasteiger partial charge in [0, 0.05) is 30.9 Å². The third-order valence-electron chi connectivity index (χ3n) is 4.18. The molecule has 0 amide bonds. The highest BCUT2D eigenvalue weighted by Crippen LogP contribution is 2.22. The van der Waals surface area contributed by atoms with E-state index in [1.165, 1.54) is 16.9 Å². The molecule has 0 unspecified atom stereocenters. The molecule has 1 aromatic carbocycles. The minimum Gasteiger partial charge on any atom is -0.507 e. The summed E-state index contributed by atoms with van der Waals surface area (Å²) in [6.45, 7) is 1.46. The van der Waals surface area contributed by atoms with Crippen LogP contribution in [0, 0.1) is 0 Å². The predicted molar refractivity (Wildman–Crippen MR) is 83.9 cm³/mol. The average molecular weight is 312 g/mol. The summed E-state index contributed by atoms with van der Waals surface area (Å²) in [7, 11) is 0. The van der Waals surface area contributed by atoms with Gasteiger partial charge in [0.05, 0.1) is 17.6 Å². The molecule has 4 rings (SSSR count). The number of rotatable bonds is 2. The zero-order chi connectivity index (χ0) is 15.8. The average Bonchev–Trinajstić information content (AvgIpc) is 3.07. The van der Waals surface area contributed by atoms with Crippen LogP contribution < -0.4 is 5.56 Å². The Morgan fingerprint density at radius 2 is 2.00 bits per heavy atom. The van der Waals surface area contributed by atoms with Crippen LogP contribution in [0.4, 0.5) is 0 Å². The topological polar surface area (TPSA) is 82.2 Å². The second-order valence-corrected chi connectivity index (χ2v) is 5.60. The molecule has 118 valence electrons. The first-order valence-electron chi connectivity index (χ1n) is 7.57. The molecule has 1 saturated heterocycles. The number of phenolic OH excluding ortho intramolecular Hbond substituents is 1. The summed E-state index contributed by atoms with van der Waals surface area (Å²) in [6, 6.07) is 6.92. The lowest BCUT2D eigenvalue weighted by atomic mass is 10.1. The molecule has 23 heavy (non-hydrogen) atoms. The van der Waals surface area contributed by atoms with E-state index in [-0.39, 0.29) is 17.4 Å². The molecule has 1 N–H and O–H groups in total. The van der Waals surface area contributed by atoms with Crippen LogP contribution in [0.25, 0.3) is 16.6 Å². The number of nitrogens with zero attached hydrogens (tertiary/aromatic N) is 4. The largest absolute Gasteiger partial charge is 0.507 e. The van der Waals surface area contributed by atoms with E-state index in [0.717, 1.165) is 26.1 Å². The Morgan fingerprint density at radius 3 is 2.83 bits per heavy atom. The molecule has 0 atom stereocenters. The molecule has 3 heterocycles. The molecule has 0 bridgehead atoms. The third-order valence-corrected chi connectivity index (χ3v) is 4.18. The smallest absolute Gasteiger partial charge is 0.281 e. The van der Waals surface area contributed by atoms with Crippen LogP contribution in [0.3, 0.4) is 0 Å². The minimum absolute atomic E-state index is 0.0481. The molecule has 1 aliphatic rings. The molecule has 0 spiro atoms. The van der Waals surface area contributed by atoms with Crippen LogP contribution in [0.5, 0.6) is 5.75 Å². The maximum absolute atomic E-state index is 12.6. The molecular formula is C16H16N4O3. The van der Waals surface area contributed by atoms with E-state index in [4.69, 9.17) is 4.74 Å². The highest BCUT2D eigenvalue weighted by atomic mass is 16.5. The Labute approximate surface area is 131 Å². The van der Waals surface area contributed by atoms with E-state index in [0.29, 0.717) is 16.6 Å². The van der Waals surface area contributed by atoms with Gasteiger partial charge in [-0.05, 0) is 25.0 Å². The molecular weight excluding hydrogens is 296 g/mol. The lowest BCUT2D eigenvalue weighted by Gasteiger charge is -2.22. The van der Waals surface area contributed by atoms with Gasteiger partial charge >= 0.3 is 0 Å². The van der Waals surface area contributed by atoms with Crippen molar-refractivity contribution in [2.75, 3.05) is 13.2 Å². The van der Waals surface area contributed by atoms with Crippen molar-refractivity contribution in [2.45, 2.75) is 18.9 Å². The molecule has 1 aliphatic heterocycles. The number of aromatic hydroxyl groups is 1. The van der Waals surface area contributed by atoms with E-state index >= 15 is 0 Å². The molecule has 7 heteroatoms. The van der Waals surface area contributed by atoms with E-state index in [1.807, 2.05) is 10.9 Å². The Morgan fingerprint density at radius 1 is 1.17 bits per heavy atom. The molecule has 0 saturated carbocycles. The van der Waals surface area contributed by atoms with Crippen molar-refractivity contribution in [3.8, 4) is 11.6 Å². The zero-order valence-corrected chi connectivity index (χ0v) is 12.4. The fourth-order valence-electron chi connectivity index (χ4n) is 2.91. The first-order valence-corrected chi connectivity index (χ1v) is 7.57. The number of benzene rings is 1. The standard InChI is InChI=1S/C16H16N4O3/c21-14-3-1-2-12-13(14)10-17-20(16(12)22)15-4-7-19(18-15)11-5-8-23-9-6-11/h1-4,7,10-11,21H,5-6,8-9H2. The summed E-state index contributed by atoms with van der Waals surface area (Å²) in [5.74, 6) is 0.527. The second kappa shape index (κ2) is 5.51. The number of phenols is 1. The van der Waals surface area contributed by atoms with Crippen molar-refractivity contribution in [3.05, 3.63) is 47.0 Å². The van der Waals surface area contributed by atoms with Crippen molar-refractivity contribution in [1.82, 2.24) is 19.6 Å². The van der Waals surface area contributed by atoms with E-state index in [2.05, 4.69) is 10.2 Å². The fraction of sp³-hybridized carbons (Fsp3) is 0.312. The van der Waals surface area contributed by atoms with Gasteiger partial charge in [-0.1, -0.05) is 6.07 Å². The summed E-state index contributed by atoms with van der Waals surface area (Å²) in [5, 5.41) is 19.3. The minimum atomic E-state index is -0.296. The molecule has 3 aromatic rings. The van der Waals surface area contributed by atoms with Gasteiger partial charge in [-0.3, -0.25) is 9.48 Å². The molecule has 7 nitrogen and oxygen atoms in total. The van der Waals surface area contributed by atoms with Crippen molar-refractivity contribution < 1.29 is 9.84 Å². The van der Waals surface area contributed by atoms with Crippen LogP contribution in [-0.2, 0) is 4.74 Å². The number of fused-ring (bicyclic) bond motifs is 1. The maximum atomic E-state index is 12.6. The van der Waals surface area contributed by atoms with Crippen LogP contribution >= 0.6 is 0 Å². The first-order chi connectivity index (χ1) is 11.2. The molecule has 2 aromatic heterocycles. The maximum Gasteiger partial charge on any atom is 0.281 e. The highest BCUT2D eigenvalue weighted by Gasteiger charge is 2.17. The normalized spacial score (nSPS) is 16.0. The fourth-order valence-corrected chi connectivity index (χ4v) is 2.91. The van der Waals surface area contributed by atoms with Gasteiger partial charge < -0.3 is 9.84 Å². The summed E-state index contributed by atoms with van der Waals surface area (Å²) in [4.78, 5) is 12.6.